The molecular weight excluding hydrogens is 298 g/mol. The van der Waals surface area contributed by atoms with E-state index in [1.807, 2.05) is 6.92 Å². The first-order valence-electron chi connectivity index (χ1n) is 7.74. The van der Waals surface area contributed by atoms with Crippen LogP contribution in [0.25, 0.3) is 0 Å². The van der Waals surface area contributed by atoms with Crippen molar-refractivity contribution in [1.29, 1.82) is 0 Å². The van der Waals surface area contributed by atoms with E-state index < -0.39 is 10.0 Å². The second-order valence-electron chi connectivity index (χ2n) is 5.36. The third-order valence-corrected chi connectivity index (χ3v) is 5.93. The third kappa shape index (κ3) is 3.82. The lowest BCUT2D eigenvalue weighted by atomic mass is 10.0. The number of nitrogens with zero attached hydrogens (tertiary/aromatic N) is 1. The van der Waals surface area contributed by atoms with E-state index in [4.69, 9.17) is 4.74 Å². The van der Waals surface area contributed by atoms with Gasteiger partial charge in [0.1, 0.15) is 12.4 Å². The molecule has 0 bridgehead atoms. The second-order valence-corrected chi connectivity index (χ2v) is 7.25. The summed E-state index contributed by atoms with van der Waals surface area (Å²) in [6.45, 7) is 4.73. The molecule has 4 nitrogen and oxygen atoms in total. The molecule has 1 aliphatic rings. The van der Waals surface area contributed by atoms with E-state index in [9.17, 15) is 8.42 Å². The molecule has 5 heteroatoms. The fraction of sp³-hybridized carbons (Fsp3) is 0.529. The molecule has 1 heterocycles. The summed E-state index contributed by atoms with van der Waals surface area (Å²) in [7, 11) is -3.42. The van der Waals surface area contributed by atoms with Gasteiger partial charge in [-0.05, 0) is 50.5 Å². The molecule has 22 heavy (non-hydrogen) atoms. The minimum Gasteiger partial charge on any atom is -0.481 e. The van der Waals surface area contributed by atoms with Crippen molar-refractivity contribution in [1.82, 2.24) is 4.31 Å². The van der Waals surface area contributed by atoms with Crippen molar-refractivity contribution >= 4 is 10.0 Å². The molecule has 0 aromatic heterocycles. The van der Waals surface area contributed by atoms with Crippen LogP contribution in [0.5, 0.6) is 5.75 Å². The van der Waals surface area contributed by atoms with E-state index in [0.29, 0.717) is 23.8 Å². The molecule has 1 aromatic carbocycles. The van der Waals surface area contributed by atoms with Crippen molar-refractivity contribution in [2.75, 3.05) is 13.2 Å². The van der Waals surface area contributed by atoms with Gasteiger partial charge in [0.25, 0.3) is 0 Å². The molecule has 1 saturated heterocycles. The van der Waals surface area contributed by atoms with E-state index in [2.05, 4.69) is 11.8 Å². The van der Waals surface area contributed by atoms with Crippen molar-refractivity contribution < 1.29 is 13.2 Å². The van der Waals surface area contributed by atoms with Crippen LogP contribution in [0, 0.1) is 11.8 Å². The number of hydrogen-bond acceptors (Lipinski definition) is 3. The van der Waals surface area contributed by atoms with Crippen LogP contribution in [-0.4, -0.2) is 31.9 Å². The normalized spacial score (nSPS) is 19.3. The van der Waals surface area contributed by atoms with Crippen molar-refractivity contribution in [3.8, 4) is 17.6 Å². The van der Waals surface area contributed by atoms with Crippen LogP contribution >= 0.6 is 0 Å². The Hall–Kier alpha value is -1.51. The number of benzene rings is 1. The lowest BCUT2D eigenvalue weighted by Gasteiger charge is -2.34. The van der Waals surface area contributed by atoms with Crippen LogP contribution in [0.15, 0.2) is 29.2 Å². The molecule has 0 N–H and O–H groups in total. The molecule has 1 aromatic rings. The maximum absolute atomic E-state index is 12.8. The molecule has 0 amide bonds. The quantitative estimate of drug-likeness (QED) is 0.783. The van der Waals surface area contributed by atoms with Gasteiger partial charge in [-0.2, -0.15) is 4.31 Å². The Bertz CT molecular complexity index is 641. The number of piperidine rings is 1. The summed E-state index contributed by atoms with van der Waals surface area (Å²) in [6.07, 6.45) is 3.85. The maximum Gasteiger partial charge on any atom is 0.243 e. The molecule has 1 atom stereocenters. The van der Waals surface area contributed by atoms with Crippen molar-refractivity contribution in [3.05, 3.63) is 24.3 Å². The average Bonchev–Trinajstić information content (AvgIpc) is 2.55. The summed E-state index contributed by atoms with van der Waals surface area (Å²) in [5, 5.41) is 0. The topological polar surface area (TPSA) is 46.6 Å². The Morgan fingerprint density at radius 3 is 2.64 bits per heavy atom. The molecule has 0 radical (unpaired) electrons. The first-order chi connectivity index (χ1) is 10.6. The molecule has 0 saturated carbocycles. The van der Waals surface area contributed by atoms with E-state index in [1.54, 1.807) is 35.5 Å². The van der Waals surface area contributed by atoms with Crippen molar-refractivity contribution in [2.24, 2.45) is 0 Å². The number of sulfonamides is 1. The summed E-state index contributed by atoms with van der Waals surface area (Å²) in [4.78, 5) is 0.335. The number of rotatable bonds is 5. The van der Waals surface area contributed by atoms with Crippen LogP contribution in [0.1, 0.15) is 39.5 Å². The molecule has 2 rings (SSSR count). The first-order valence-corrected chi connectivity index (χ1v) is 9.18. The lowest BCUT2D eigenvalue weighted by Crippen LogP contribution is -2.43. The Labute approximate surface area is 133 Å². The SMILES string of the molecule is CC#CCOc1ccc(S(=O)(=O)N2CCCCC2CC)cc1. The van der Waals surface area contributed by atoms with Gasteiger partial charge in [0.2, 0.25) is 10.0 Å². The molecule has 1 fully saturated rings. The van der Waals surface area contributed by atoms with Crippen LogP contribution in [0.2, 0.25) is 0 Å². The zero-order valence-electron chi connectivity index (χ0n) is 13.2. The van der Waals surface area contributed by atoms with Crippen LogP contribution in [0.4, 0.5) is 0 Å². The Kier molecular flexibility index (Phi) is 5.87. The van der Waals surface area contributed by atoms with E-state index in [1.165, 1.54) is 0 Å². The minimum atomic E-state index is -3.42. The fourth-order valence-corrected chi connectivity index (χ4v) is 4.50. The highest BCUT2D eigenvalue weighted by Gasteiger charge is 2.32. The smallest absolute Gasteiger partial charge is 0.243 e. The molecule has 1 unspecified atom stereocenters. The van der Waals surface area contributed by atoms with Gasteiger partial charge >= 0.3 is 0 Å². The Morgan fingerprint density at radius 2 is 2.00 bits per heavy atom. The molecule has 120 valence electrons. The number of hydrogen-bond donors (Lipinski definition) is 0. The largest absolute Gasteiger partial charge is 0.481 e. The highest BCUT2D eigenvalue weighted by Crippen LogP contribution is 2.27. The predicted molar refractivity (Wildman–Crippen MR) is 87.2 cm³/mol. The molecular formula is C17H23NO3S. The summed E-state index contributed by atoms with van der Waals surface area (Å²) in [5.41, 5.74) is 0. The summed E-state index contributed by atoms with van der Waals surface area (Å²) >= 11 is 0. The van der Waals surface area contributed by atoms with Crippen molar-refractivity contribution in [3.63, 3.8) is 0 Å². The maximum atomic E-state index is 12.8. The van der Waals surface area contributed by atoms with E-state index >= 15 is 0 Å². The summed E-state index contributed by atoms with van der Waals surface area (Å²) < 4.78 is 32.7. The summed E-state index contributed by atoms with van der Waals surface area (Å²) in [6, 6.07) is 6.73. The molecule has 0 spiro atoms. The zero-order valence-corrected chi connectivity index (χ0v) is 14.0. The van der Waals surface area contributed by atoms with Gasteiger partial charge in [-0.15, -0.1) is 5.92 Å². The second kappa shape index (κ2) is 7.66. The monoisotopic (exact) mass is 321 g/mol. The van der Waals surface area contributed by atoms with Crippen LogP contribution < -0.4 is 4.74 Å². The zero-order chi connectivity index (χ0) is 16.0. The predicted octanol–water partition coefficient (Wildman–Crippen LogP) is 3.04. The summed E-state index contributed by atoms with van der Waals surface area (Å²) in [5.74, 6) is 6.19. The first kappa shape index (κ1) is 16.9. The van der Waals surface area contributed by atoms with Gasteiger partial charge < -0.3 is 4.74 Å². The van der Waals surface area contributed by atoms with E-state index in [-0.39, 0.29) is 6.04 Å². The van der Waals surface area contributed by atoms with Gasteiger partial charge in [0, 0.05) is 12.6 Å². The Morgan fingerprint density at radius 1 is 1.27 bits per heavy atom. The standard InChI is InChI=1S/C17H23NO3S/c1-3-5-14-21-16-9-11-17(12-10-16)22(19,20)18-13-7-6-8-15(18)4-2/h9-12,15H,4,6-8,13-14H2,1-2H3. The van der Waals surface area contributed by atoms with Crippen molar-refractivity contribution in [2.45, 2.75) is 50.5 Å². The van der Waals surface area contributed by atoms with Gasteiger partial charge in [-0.1, -0.05) is 19.3 Å². The van der Waals surface area contributed by atoms with Gasteiger partial charge in [-0.25, -0.2) is 8.42 Å². The Balaban J connectivity index is 2.16. The van der Waals surface area contributed by atoms with Crippen LogP contribution in [0.3, 0.4) is 0 Å². The average molecular weight is 321 g/mol. The lowest BCUT2D eigenvalue weighted by molar-refractivity contribution is 0.246. The molecule has 1 aliphatic heterocycles. The highest BCUT2D eigenvalue weighted by molar-refractivity contribution is 7.89. The minimum absolute atomic E-state index is 0.120. The van der Waals surface area contributed by atoms with Crippen LogP contribution in [-0.2, 0) is 10.0 Å². The third-order valence-electron chi connectivity index (χ3n) is 3.96. The van der Waals surface area contributed by atoms with Gasteiger partial charge in [0.05, 0.1) is 4.90 Å². The fourth-order valence-electron chi connectivity index (χ4n) is 2.73. The highest BCUT2D eigenvalue weighted by atomic mass is 32.2. The van der Waals surface area contributed by atoms with Gasteiger partial charge in [0.15, 0.2) is 0 Å². The van der Waals surface area contributed by atoms with E-state index in [0.717, 1.165) is 25.7 Å². The molecule has 0 aliphatic carbocycles. The number of ether oxygens (including phenoxy) is 1. The van der Waals surface area contributed by atoms with Gasteiger partial charge in [-0.3, -0.25) is 0 Å².